The number of hydrogen-bond acceptors (Lipinski definition) is 2. The van der Waals surface area contributed by atoms with Crippen LogP contribution in [0.15, 0.2) is 0 Å². The van der Waals surface area contributed by atoms with Crippen LogP contribution in [0.4, 0.5) is 0 Å². The largest absolute Gasteiger partial charge is 0.465 e. The highest BCUT2D eigenvalue weighted by atomic mass is 16.5. The van der Waals surface area contributed by atoms with Crippen LogP contribution in [-0.4, -0.2) is 12.6 Å². The van der Waals surface area contributed by atoms with Gasteiger partial charge in [0.1, 0.15) is 0 Å². The number of ether oxygens (including phenoxy) is 1. The van der Waals surface area contributed by atoms with Crippen molar-refractivity contribution in [2.75, 3.05) is 6.61 Å². The molecule has 0 aromatic heterocycles. The normalized spacial score (nSPS) is 13.6. The van der Waals surface area contributed by atoms with Gasteiger partial charge in [0.25, 0.3) is 0 Å². The lowest BCUT2D eigenvalue weighted by atomic mass is 9.96. The van der Waals surface area contributed by atoms with Crippen molar-refractivity contribution in [2.24, 2.45) is 11.3 Å². The Morgan fingerprint density at radius 1 is 1.19 bits per heavy atom. The average Bonchev–Trinajstić information content (AvgIpc) is 2.21. The van der Waals surface area contributed by atoms with Gasteiger partial charge in [0.2, 0.25) is 0 Å². The fourth-order valence-electron chi connectivity index (χ4n) is 1.50. The number of hydrogen-bond donors (Lipinski definition) is 0. The van der Waals surface area contributed by atoms with E-state index in [1.807, 2.05) is 20.8 Å². The van der Waals surface area contributed by atoms with Crippen LogP contribution in [0.1, 0.15) is 66.7 Å². The Balaban J connectivity index is 3.82. The highest BCUT2D eigenvalue weighted by Gasteiger charge is 2.23. The van der Waals surface area contributed by atoms with E-state index < -0.39 is 0 Å². The lowest BCUT2D eigenvalue weighted by Gasteiger charge is -2.20. The fraction of sp³-hybridized carbons (Fsp3) is 0.929. The van der Waals surface area contributed by atoms with E-state index in [1.54, 1.807) is 0 Å². The summed E-state index contributed by atoms with van der Waals surface area (Å²) in [6.07, 6.45) is 6.06. The van der Waals surface area contributed by atoms with Crippen LogP contribution in [0, 0.1) is 11.3 Å². The molecule has 0 bridgehead atoms. The van der Waals surface area contributed by atoms with Gasteiger partial charge in [0.15, 0.2) is 0 Å². The van der Waals surface area contributed by atoms with Gasteiger partial charge in [-0.05, 0) is 33.1 Å². The molecule has 1 unspecified atom stereocenters. The number of carbonyl (C=O) groups is 1. The first-order chi connectivity index (χ1) is 7.41. The fourth-order valence-corrected chi connectivity index (χ4v) is 1.50. The van der Waals surface area contributed by atoms with Crippen molar-refractivity contribution in [1.29, 1.82) is 0 Å². The van der Waals surface area contributed by atoms with Crippen LogP contribution in [0.3, 0.4) is 0 Å². The lowest BCUT2D eigenvalue weighted by molar-refractivity contribution is -0.154. The highest BCUT2D eigenvalue weighted by Crippen LogP contribution is 2.18. The van der Waals surface area contributed by atoms with Crippen molar-refractivity contribution in [3.8, 4) is 0 Å². The van der Waals surface area contributed by atoms with Gasteiger partial charge in [-0.25, -0.2) is 0 Å². The van der Waals surface area contributed by atoms with E-state index in [2.05, 4.69) is 13.8 Å². The van der Waals surface area contributed by atoms with E-state index in [0.717, 1.165) is 6.42 Å². The van der Waals surface area contributed by atoms with Crippen LogP contribution >= 0.6 is 0 Å². The summed E-state index contributed by atoms with van der Waals surface area (Å²) >= 11 is 0. The van der Waals surface area contributed by atoms with Crippen LogP contribution in [-0.2, 0) is 9.53 Å². The third kappa shape index (κ3) is 6.86. The molecule has 0 radical (unpaired) electrons. The molecule has 0 amide bonds. The second-order valence-corrected chi connectivity index (χ2v) is 5.62. The minimum atomic E-state index is -0.373. The molecule has 2 heteroatoms. The van der Waals surface area contributed by atoms with Gasteiger partial charge >= 0.3 is 5.97 Å². The molecular formula is C14H28O2. The Morgan fingerprint density at radius 2 is 1.81 bits per heavy atom. The standard InChI is InChI=1S/C14H28O2/c1-6-8-9-10-12(7-2)11-16-13(15)14(3,4)5/h12H,6-11H2,1-5H3. The summed E-state index contributed by atoms with van der Waals surface area (Å²) in [4.78, 5) is 11.6. The molecule has 16 heavy (non-hydrogen) atoms. The Labute approximate surface area is 101 Å². The van der Waals surface area contributed by atoms with E-state index in [0.29, 0.717) is 12.5 Å². The summed E-state index contributed by atoms with van der Waals surface area (Å²) in [6.45, 7) is 10.7. The summed E-state index contributed by atoms with van der Waals surface area (Å²) in [5.41, 5.74) is -0.373. The molecule has 96 valence electrons. The maximum atomic E-state index is 11.6. The molecule has 2 nitrogen and oxygen atoms in total. The molecule has 0 saturated heterocycles. The highest BCUT2D eigenvalue weighted by molar-refractivity contribution is 5.75. The molecule has 0 spiro atoms. The van der Waals surface area contributed by atoms with Crippen molar-refractivity contribution < 1.29 is 9.53 Å². The van der Waals surface area contributed by atoms with E-state index >= 15 is 0 Å². The lowest BCUT2D eigenvalue weighted by Crippen LogP contribution is -2.25. The van der Waals surface area contributed by atoms with Crippen LogP contribution in [0.25, 0.3) is 0 Å². The summed E-state index contributed by atoms with van der Waals surface area (Å²) in [5, 5.41) is 0. The SMILES string of the molecule is CCCCCC(CC)COC(=O)C(C)(C)C. The summed E-state index contributed by atoms with van der Waals surface area (Å²) in [6, 6.07) is 0. The van der Waals surface area contributed by atoms with Gasteiger partial charge in [0.05, 0.1) is 12.0 Å². The van der Waals surface area contributed by atoms with Gasteiger partial charge in [-0.2, -0.15) is 0 Å². The minimum Gasteiger partial charge on any atom is -0.465 e. The summed E-state index contributed by atoms with van der Waals surface area (Å²) in [5.74, 6) is 0.458. The Kier molecular flexibility index (Phi) is 7.44. The second-order valence-electron chi connectivity index (χ2n) is 5.62. The molecule has 0 aliphatic heterocycles. The first-order valence-corrected chi connectivity index (χ1v) is 6.59. The summed E-state index contributed by atoms with van der Waals surface area (Å²) in [7, 11) is 0. The molecule has 0 heterocycles. The number of carbonyl (C=O) groups excluding carboxylic acids is 1. The average molecular weight is 228 g/mol. The van der Waals surface area contributed by atoms with Gasteiger partial charge in [-0.15, -0.1) is 0 Å². The van der Waals surface area contributed by atoms with Gasteiger partial charge in [-0.1, -0.05) is 39.5 Å². The van der Waals surface area contributed by atoms with Crippen molar-refractivity contribution in [3.63, 3.8) is 0 Å². The quantitative estimate of drug-likeness (QED) is 0.482. The van der Waals surface area contributed by atoms with Gasteiger partial charge < -0.3 is 4.74 Å². The molecule has 0 aliphatic carbocycles. The topological polar surface area (TPSA) is 26.3 Å². The summed E-state index contributed by atoms with van der Waals surface area (Å²) < 4.78 is 5.35. The number of unbranched alkanes of at least 4 members (excludes halogenated alkanes) is 2. The van der Waals surface area contributed by atoms with E-state index in [9.17, 15) is 4.79 Å². The Morgan fingerprint density at radius 3 is 2.25 bits per heavy atom. The van der Waals surface area contributed by atoms with Crippen LogP contribution in [0.2, 0.25) is 0 Å². The first kappa shape index (κ1) is 15.5. The molecule has 0 fully saturated rings. The van der Waals surface area contributed by atoms with Crippen molar-refractivity contribution in [1.82, 2.24) is 0 Å². The Bertz CT molecular complexity index is 191. The third-order valence-corrected chi connectivity index (χ3v) is 2.86. The van der Waals surface area contributed by atoms with Crippen molar-refractivity contribution in [3.05, 3.63) is 0 Å². The molecule has 0 aromatic carbocycles. The maximum absolute atomic E-state index is 11.6. The molecule has 0 aromatic rings. The zero-order valence-corrected chi connectivity index (χ0v) is 11.6. The van der Waals surface area contributed by atoms with Gasteiger partial charge in [-0.3, -0.25) is 4.79 Å². The first-order valence-electron chi connectivity index (χ1n) is 6.59. The predicted molar refractivity (Wildman–Crippen MR) is 68.3 cm³/mol. The van der Waals surface area contributed by atoms with Crippen molar-refractivity contribution >= 4 is 5.97 Å². The monoisotopic (exact) mass is 228 g/mol. The van der Waals surface area contributed by atoms with Gasteiger partial charge in [0, 0.05) is 0 Å². The molecule has 0 aliphatic rings. The van der Waals surface area contributed by atoms with E-state index in [4.69, 9.17) is 4.74 Å². The van der Waals surface area contributed by atoms with E-state index in [1.165, 1.54) is 25.7 Å². The van der Waals surface area contributed by atoms with Crippen LogP contribution < -0.4 is 0 Å². The molecule has 0 rings (SSSR count). The predicted octanol–water partition coefficient (Wildman–Crippen LogP) is 4.18. The number of esters is 1. The molecule has 0 N–H and O–H groups in total. The van der Waals surface area contributed by atoms with Crippen LogP contribution in [0.5, 0.6) is 0 Å². The number of rotatable bonds is 7. The minimum absolute atomic E-state index is 0.0820. The zero-order chi connectivity index (χ0) is 12.6. The second kappa shape index (κ2) is 7.70. The maximum Gasteiger partial charge on any atom is 0.311 e. The molecular weight excluding hydrogens is 200 g/mol. The molecule has 0 saturated carbocycles. The molecule has 1 atom stereocenters. The van der Waals surface area contributed by atoms with Crippen molar-refractivity contribution in [2.45, 2.75) is 66.7 Å². The zero-order valence-electron chi connectivity index (χ0n) is 11.6. The third-order valence-electron chi connectivity index (χ3n) is 2.86. The Hall–Kier alpha value is -0.530. The smallest absolute Gasteiger partial charge is 0.311 e. The van der Waals surface area contributed by atoms with E-state index in [-0.39, 0.29) is 11.4 Å².